The molecule has 0 spiro atoms. The van der Waals surface area contributed by atoms with E-state index in [1.807, 2.05) is 24.3 Å². The second-order valence-corrected chi connectivity index (χ2v) is 7.84. The molecule has 5 rings (SSSR count). The van der Waals surface area contributed by atoms with E-state index in [9.17, 15) is 0 Å². The first-order valence-electron chi connectivity index (χ1n) is 10.5. The molecular formula is C29H24N2. The highest BCUT2D eigenvalue weighted by molar-refractivity contribution is 5.97. The molecule has 150 valence electrons. The van der Waals surface area contributed by atoms with E-state index in [1.165, 1.54) is 27.5 Å². The maximum Gasteiger partial charge on any atom is 0.0572 e. The van der Waals surface area contributed by atoms with E-state index < -0.39 is 0 Å². The van der Waals surface area contributed by atoms with Crippen molar-refractivity contribution < 1.29 is 0 Å². The third-order valence-corrected chi connectivity index (χ3v) is 5.90. The van der Waals surface area contributed by atoms with E-state index in [1.54, 1.807) is 0 Å². The third kappa shape index (κ3) is 3.70. The lowest BCUT2D eigenvalue weighted by Crippen LogP contribution is -2.13. The molecule has 0 aliphatic heterocycles. The summed E-state index contributed by atoms with van der Waals surface area (Å²) < 4.78 is 0. The largest absolute Gasteiger partial charge is 0.398 e. The fourth-order valence-electron chi connectivity index (χ4n) is 4.20. The predicted octanol–water partition coefficient (Wildman–Crippen LogP) is 6.80. The number of nitrogens with two attached hydrogens (primary N) is 2. The molecular weight excluding hydrogens is 376 g/mol. The number of anilines is 1. The molecule has 5 aromatic rings. The van der Waals surface area contributed by atoms with Gasteiger partial charge in [-0.25, -0.2) is 0 Å². The zero-order valence-corrected chi connectivity index (χ0v) is 17.2. The fourth-order valence-corrected chi connectivity index (χ4v) is 4.20. The lowest BCUT2D eigenvalue weighted by molar-refractivity contribution is 0.875. The van der Waals surface area contributed by atoms with E-state index in [2.05, 4.69) is 91.0 Å². The van der Waals surface area contributed by atoms with Crippen LogP contribution in [0, 0.1) is 0 Å². The number of benzene rings is 5. The quantitative estimate of drug-likeness (QED) is 0.326. The molecule has 0 saturated heterocycles. The molecule has 0 radical (unpaired) electrons. The van der Waals surface area contributed by atoms with Gasteiger partial charge in [0, 0.05) is 5.69 Å². The van der Waals surface area contributed by atoms with Crippen LogP contribution in [0.25, 0.3) is 33.0 Å². The molecule has 0 aliphatic rings. The zero-order valence-electron chi connectivity index (χ0n) is 17.2. The molecule has 1 unspecified atom stereocenters. The number of hydrogen-bond acceptors (Lipinski definition) is 2. The van der Waals surface area contributed by atoms with Gasteiger partial charge in [0.1, 0.15) is 0 Å². The smallest absolute Gasteiger partial charge is 0.0572 e. The first kappa shape index (κ1) is 19.1. The molecule has 31 heavy (non-hydrogen) atoms. The van der Waals surface area contributed by atoms with Crippen LogP contribution in [0.4, 0.5) is 5.69 Å². The van der Waals surface area contributed by atoms with Crippen LogP contribution in [-0.4, -0.2) is 0 Å². The molecule has 5 aromatic carbocycles. The van der Waals surface area contributed by atoms with Gasteiger partial charge in [0.25, 0.3) is 0 Å². The van der Waals surface area contributed by atoms with Gasteiger partial charge in [-0.05, 0) is 50.2 Å². The molecule has 0 bridgehead atoms. The molecule has 0 heterocycles. The highest BCUT2D eigenvalue weighted by Gasteiger charge is 2.14. The summed E-state index contributed by atoms with van der Waals surface area (Å²) in [6.07, 6.45) is 0. The first-order valence-corrected chi connectivity index (χ1v) is 10.5. The summed E-state index contributed by atoms with van der Waals surface area (Å²) in [5.74, 6) is 0. The second kappa shape index (κ2) is 8.10. The maximum atomic E-state index is 6.61. The normalized spacial score (nSPS) is 12.0. The molecule has 1 atom stereocenters. The van der Waals surface area contributed by atoms with Crippen LogP contribution >= 0.6 is 0 Å². The predicted molar refractivity (Wildman–Crippen MR) is 132 cm³/mol. The van der Waals surface area contributed by atoms with E-state index in [0.29, 0.717) is 5.69 Å². The van der Waals surface area contributed by atoms with Crippen LogP contribution < -0.4 is 11.5 Å². The van der Waals surface area contributed by atoms with Gasteiger partial charge in [-0.1, -0.05) is 109 Å². The molecule has 2 heteroatoms. The molecule has 0 saturated carbocycles. The number of hydrogen-bond donors (Lipinski definition) is 2. The van der Waals surface area contributed by atoms with Crippen molar-refractivity contribution in [3.63, 3.8) is 0 Å². The number of rotatable bonds is 4. The highest BCUT2D eigenvalue weighted by Crippen LogP contribution is 2.33. The van der Waals surface area contributed by atoms with Gasteiger partial charge < -0.3 is 11.5 Å². The number of nitrogen functional groups attached to an aromatic ring is 1. The summed E-state index contributed by atoms with van der Waals surface area (Å²) >= 11 is 0. The lowest BCUT2D eigenvalue weighted by Gasteiger charge is -2.17. The second-order valence-electron chi connectivity index (χ2n) is 7.84. The molecule has 0 aromatic heterocycles. The van der Waals surface area contributed by atoms with Gasteiger partial charge in [-0.3, -0.25) is 0 Å². The van der Waals surface area contributed by atoms with Gasteiger partial charge in [0.15, 0.2) is 0 Å². The fraction of sp³-hybridized carbons (Fsp3) is 0.0345. The van der Waals surface area contributed by atoms with E-state index in [-0.39, 0.29) is 6.04 Å². The Hall–Kier alpha value is -3.88. The van der Waals surface area contributed by atoms with Gasteiger partial charge in [-0.2, -0.15) is 0 Å². The van der Waals surface area contributed by atoms with Crippen LogP contribution in [0.1, 0.15) is 17.2 Å². The maximum absolute atomic E-state index is 6.61. The van der Waals surface area contributed by atoms with Crippen molar-refractivity contribution in [3.8, 4) is 22.3 Å². The van der Waals surface area contributed by atoms with Crippen molar-refractivity contribution >= 4 is 16.5 Å². The minimum absolute atomic E-state index is 0.272. The van der Waals surface area contributed by atoms with Crippen molar-refractivity contribution in [2.75, 3.05) is 5.73 Å². The van der Waals surface area contributed by atoms with Crippen LogP contribution in [0.2, 0.25) is 0 Å². The Morgan fingerprint density at radius 1 is 0.548 bits per heavy atom. The summed E-state index contributed by atoms with van der Waals surface area (Å²) in [6, 6.07) is 39.5. The van der Waals surface area contributed by atoms with Crippen molar-refractivity contribution in [3.05, 3.63) is 126 Å². The monoisotopic (exact) mass is 400 g/mol. The van der Waals surface area contributed by atoms with Crippen molar-refractivity contribution in [1.29, 1.82) is 0 Å². The van der Waals surface area contributed by atoms with Crippen molar-refractivity contribution in [2.45, 2.75) is 6.04 Å². The SMILES string of the molecule is Nc1cc(-c2cccc3ccccc23)ccc1C(N)c1ccc(-c2ccccc2)cc1. The van der Waals surface area contributed by atoms with Gasteiger partial charge in [0.2, 0.25) is 0 Å². The summed E-state index contributed by atoms with van der Waals surface area (Å²) in [7, 11) is 0. The molecule has 0 fully saturated rings. The Morgan fingerprint density at radius 3 is 1.97 bits per heavy atom. The Bertz CT molecular complexity index is 1330. The van der Waals surface area contributed by atoms with Crippen LogP contribution in [0.3, 0.4) is 0 Å². The van der Waals surface area contributed by atoms with E-state index in [0.717, 1.165) is 16.7 Å². The molecule has 0 amide bonds. The standard InChI is InChI=1S/C29H24N2/c30-28-19-24(26-12-6-10-22-9-4-5-11-25(22)26)17-18-27(28)29(31)23-15-13-21(14-16-23)20-7-2-1-3-8-20/h1-19,29H,30-31H2. The third-order valence-electron chi connectivity index (χ3n) is 5.90. The average molecular weight is 401 g/mol. The molecule has 0 aliphatic carbocycles. The number of fused-ring (bicyclic) bond motifs is 1. The van der Waals surface area contributed by atoms with Crippen molar-refractivity contribution in [1.82, 2.24) is 0 Å². The lowest BCUT2D eigenvalue weighted by atomic mass is 9.92. The zero-order chi connectivity index (χ0) is 21.2. The Labute approximate surface area is 182 Å². The van der Waals surface area contributed by atoms with E-state index >= 15 is 0 Å². The van der Waals surface area contributed by atoms with E-state index in [4.69, 9.17) is 11.5 Å². The highest BCUT2D eigenvalue weighted by atomic mass is 14.7. The van der Waals surface area contributed by atoms with Gasteiger partial charge in [-0.15, -0.1) is 0 Å². The summed E-state index contributed by atoms with van der Waals surface area (Å²) in [6.45, 7) is 0. The molecule has 4 N–H and O–H groups in total. The topological polar surface area (TPSA) is 52.0 Å². The summed E-state index contributed by atoms with van der Waals surface area (Å²) in [5, 5.41) is 2.44. The Balaban J connectivity index is 1.46. The van der Waals surface area contributed by atoms with Gasteiger partial charge >= 0.3 is 0 Å². The minimum Gasteiger partial charge on any atom is -0.398 e. The molecule has 2 nitrogen and oxygen atoms in total. The summed E-state index contributed by atoms with van der Waals surface area (Å²) in [5.41, 5.74) is 20.4. The first-order chi connectivity index (χ1) is 15.2. The Morgan fingerprint density at radius 2 is 1.19 bits per heavy atom. The van der Waals surface area contributed by atoms with Crippen LogP contribution in [0.15, 0.2) is 115 Å². The average Bonchev–Trinajstić information content (AvgIpc) is 2.84. The minimum atomic E-state index is -0.272. The Kier molecular flexibility index (Phi) is 4.99. The van der Waals surface area contributed by atoms with Crippen LogP contribution in [-0.2, 0) is 0 Å². The van der Waals surface area contributed by atoms with Crippen LogP contribution in [0.5, 0.6) is 0 Å². The summed E-state index contributed by atoms with van der Waals surface area (Å²) in [4.78, 5) is 0. The van der Waals surface area contributed by atoms with Crippen molar-refractivity contribution in [2.24, 2.45) is 5.73 Å². The van der Waals surface area contributed by atoms with Gasteiger partial charge in [0.05, 0.1) is 6.04 Å².